The Kier molecular flexibility index (Phi) is 4.86. The molecule has 0 spiro atoms. The van der Waals surface area contributed by atoms with Crippen LogP contribution in [0.15, 0.2) is 58.0 Å². The Morgan fingerprint density at radius 2 is 1.97 bits per heavy atom. The fourth-order valence-electron chi connectivity index (χ4n) is 4.01. The summed E-state index contributed by atoms with van der Waals surface area (Å²) in [6.07, 6.45) is 4.39. The van der Waals surface area contributed by atoms with Gasteiger partial charge in [-0.05, 0) is 49.6 Å². The first-order valence-corrected chi connectivity index (χ1v) is 10.5. The molecule has 0 saturated heterocycles. The number of hydrogen-bond acceptors (Lipinski definition) is 5. The molecule has 0 aliphatic heterocycles. The minimum Gasteiger partial charge on any atom is -0.361 e. The van der Waals surface area contributed by atoms with Gasteiger partial charge in [0, 0.05) is 35.6 Å². The molecule has 0 bridgehead atoms. The van der Waals surface area contributed by atoms with Gasteiger partial charge in [-0.1, -0.05) is 30.3 Å². The molecule has 7 nitrogen and oxygen atoms in total. The van der Waals surface area contributed by atoms with Gasteiger partial charge in [-0.3, -0.25) is 4.79 Å². The molecule has 5 rings (SSSR count). The van der Waals surface area contributed by atoms with Crippen LogP contribution >= 0.6 is 0 Å². The Labute approximate surface area is 178 Å². The molecule has 3 aromatic heterocycles. The number of para-hydroxylation sites is 1. The average Bonchev–Trinajstić information content (AvgIpc) is 3.42. The first-order valence-electron chi connectivity index (χ1n) is 10.5. The number of nitrogens with zero attached hydrogens (tertiary/aromatic N) is 4. The molecule has 0 amide bonds. The predicted octanol–water partition coefficient (Wildman–Crippen LogP) is 4.43. The monoisotopic (exact) mass is 413 g/mol. The van der Waals surface area contributed by atoms with E-state index in [-0.39, 0.29) is 5.56 Å². The van der Waals surface area contributed by atoms with E-state index in [0.717, 1.165) is 35.0 Å². The van der Waals surface area contributed by atoms with Gasteiger partial charge in [0.2, 0.25) is 11.7 Å². The van der Waals surface area contributed by atoms with E-state index in [1.165, 1.54) is 10.9 Å². The second-order valence-electron chi connectivity index (χ2n) is 7.73. The fourth-order valence-corrected chi connectivity index (χ4v) is 4.01. The Balaban J connectivity index is 1.41. The summed E-state index contributed by atoms with van der Waals surface area (Å²) in [5.41, 5.74) is 5.21. The van der Waals surface area contributed by atoms with Crippen LogP contribution in [0.5, 0.6) is 0 Å². The van der Waals surface area contributed by atoms with Gasteiger partial charge in [0.15, 0.2) is 0 Å². The maximum Gasteiger partial charge on any atom is 0.272 e. The van der Waals surface area contributed by atoms with Crippen molar-refractivity contribution in [2.24, 2.45) is 0 Å². The molecule has 0 aliphatic rings. The van der Waals surface area contributed by atoms with Gasteiger partial charge in [-0.25, -0.2) is 4.98 Å². The van der Waals surface area contributed by atoms with Crippen LogP contribution in [0.4, 0.5) is 0 Å². The number of rotatable bonds is 6. The molecule has 1 N–H and O–H groups in total. The van der Waals surface area contributed by atoms with Crippen molar-refractivity contribution in [3.63, 3.8) is 0 Å². The largest absolute Gasteiger partial charge is 0.361 e. The number of benzene rings is 2. The van der Waals surface area contributed by atoms with Crippen LogP contribution in [0, 0.1) is 6.92 Å². The van der Waals surface area contributed by atoms with Crippen LogP contribution in [0.25, 0.3) is 33.3 Å². The zero-order chi connectivity index (χ0) is 21.4. The quantitative estimate of drug-likeness (QED) is 0.445. The highest BCUT2D eigenvalue weighted by Gasteiger charge is 2.13. The summed E-state index contributed by atoms with van der Waals surface area (Å²) in [7, 11) is 0. The Morgan fingerprint density at radius 3 is 2.84 bits per heavy atom. The van der Waals surface area contributed by atoms with Gasteiger partial charge in [0.25, 0.3) is 5.56 Å². The smallest absolute Gasteiger partial charge is 0.272 e. The topological polar surface area (TPSA) is 89.6 Å². The number of aryl methyl sites for hydroxylation is 4. The predicted molar refractivity (Wildman–Crippen MR) is 120 cm³/mol. The normalized spacial score (nSPS) is 11.5. The van der Waals surface area contributed by atoms with Gasteiger partial charge in [-0.15, -0.1) is 0 Å². The minimum absolute atomic E-state index is 0.0405. The van der Waals surface area contributed by atoms with Crippen molar-refractivity contribution in [2.75, 3.05) is 0 Å². The molecule has 0 unspecified atom stereocenters. The van der Waals surface area contributed by atoms with E-state index < -0.39 is 0 Å². The first kappa shape index (κ1) is 19.2. The van der Waals surface area contributed by atoms with E-state index >= 15 is 0 Å². The summed E-state index contributed by atoms with van der Waals surface area (Å²) in [5.74, 6) is 1.13. The molecule has 0 radical (unpaired) electrons. The Hall–Kier alpha value is -3.74. The maximum absolute atomic E-state index is 12.4. The molecule has 0 atom stereocenters. The molecule has 31 heavy (non-hydrogen) atoms. The van der Waals surface area contributed by atoms with Gasteiger partial charge < -0.3 is 14.1 Å². The maximum atomic E-state index is 12.4. The lowest BCUT2D eigenvalue weighted by Crippen LogP contribution is -2.24. The van der Waals surface area contributed by atoms with Crippen LogP contribution in [0.1, 0.15) is 30.5 Å². The summed E-state index contributed by atoms with van der Waals surface area (Å²) in [5, 5.41) is 5.38. The lowest BCUT2D eigenvalue weighted by Gasteiger charge is -2.10. The standard InChI is InChI=1S/C24H23N5O2/c1-3-12-29-21-10-8-16(13-20(21)26-15(2)24(29)30)23-27-22(31-28-23)11-9-17-14-25-19-7-5-4-6-18(17)19/h4-8,10,13-14,25H,3,9,11-12H2,1-2H3. The highest BCUT2D eigenvalue weighted by atomic mass is 16.5. The summed E-state index contributed by atoms with van der Waals surface area (Å²) in [6, 6.07) is 14.0. The van der Waals surface area contributed by atoms with Gasteiger partial charge in [-0.2, -0.15) is 4.98 Å². The molecule has 7 heteroatoms. The van der Waals surface area contributed by atoms with Crippen molar-refractivity contribution >= 4 is 21.9 Å². The van der Waals surface area contributed by atoms with Crippen molar-refractivity contribution in [3.8, 4) is 11.4 Å². The summed E-state index contributed by atoms with van der Waals surface area (Å²) < 4.78 is 7.28. The molecule has 0 saturated carbocycles. The van der Waals surface area contributed by atoms with Crippen molar-refractivity contribution in [3.05, 3.63) is 76.2 Å². The summed E-state index contributed by atoms with van der Waals surface area (Å²) in [6.45, 7) is 4.47. The zero-order valence-corrected chi connectivity index (χ0v) is 17.6. The first-order chi connectivity index (χ1) is 15.1. The van der Waals surface area contributed by atoms with E-state index in [1.54, 1.807) is 11.5 Å². The van der Waals surface area contributed by atoms with Crippen LogP contribution in [-0.4, -0.2) is 24.7 Å². The molecule has 0 fully saturated rings. The number of nitrogens with one attached hydrogen (secondary N) is 1. The van der Waals surface area contributed by atoms with E-state index in [0.29, 0.717) is 30.4 Å². The highest BCUT2D eigenvalue weighted by molar-refractivity contribution is 5.83. The number of fused-ring (bicyclic) bond motifs is 2. The van der Waals surface area contributed by atoms with Crippen LogP contribution in [0.3, 0.4) is 0 Å². The molecule has 0 aliphatic carbocycles. The Bertz CT molecular complexity index is 1440. The van der Waals surface area contributed by atoms with E-state index in [4.69, 9.17) is 4.52 Å². The summed E-state index contributed by atoms with van der Waals surface area (Å²) >= 11 is 0. The van der Waals surface area contributed by atoms with E-state index in [1.807, 2.05) is 36.5 Å². The van der Waals surface area contributed by atoms with E-state index in [9.17, 15) is 4.79 Å². The third-order valence-electron chi connectivity index (χ3n) is 5.57. The van der Waals surface area contributed by atoms with Crippen molar-refractivity contribution in [2.45, 2.75) is 39.7 Å². The molecule has 156 valence electrons. The lowest BCUT2D eigenvalue weighted by molar-refractivity contribution is 0.379. The molecule has 3 heterocycles. The van der Waals surface area contributed by atoms with Crippen LogP contribution in [0.2, 0.25) is 0 Å². The fraction of sp³-hybridized carbons (Fsp3) is 0.250. The second kappa shape index (κ2) is 7.83. The van der Waals surface area contributed by atoms with Crippen molar-refractivity contribution in [1.82, 2.24) is 24.7 Å². The van der Waals surface area contributed by atoms with Crippen LogP contribution < -0.4 is 5.56 Å². The van der Waals surface area contributed by atoms with Gasteiger partial charge in [0.05, 0.1) is 11.0 Å². The average molecular weight is 413 g/mol. The Morgan fingerprint density at radius 1 is 1.10 bits per heavy atom. The zero-order valence-electron chi connectivity index (χ0n) is 17.6. The third kappa shape index (κ3) is 3.52. The number of aromatic amines is 1. The lowest BCUT2D eigenvalue weighted by atomic mass is 10.1. The molecule has 2 aromatic carbocycles. The highest BCUT2D eigenvalue weighted by Crippen LogP contribution is 2.23. The molecular formula is C24H23N5O2. The number of H-pyrrole nitrogens is 1. The van der Waals surface area contributed by atoms with E-state index in [2.05, 4.69) is 39.2 Å². The molecule has 5 aromatic rings. The number of hydrogen-bond donors (Lipinski definition) is 1. The van der Waals surface area contributed by atoms with Gasteiger partial charge in [0.1, 0.15) is 5.69 Å². The number of aromatic nitrogens is 5. The van der Waals surface area contributed by atoms with Crippen molar-refractivity contribution in [1.29, 1.82) is 0 Å². The van der Waals surface area contributed by atoms with Gasteiger partial charge >= 0.3 is 0 Å². The third-order valence-corrected chi connectivity index (χ3v) is 5.57. The second-order valence-corrected chi connectivity index (χ2v) is 7.73. The molecular weight excluding hydrogens is 390 g/mol. The SMILES string of the molecule is CCCn1c(=O)c(C)nc2cc(-c3noc(CCc4c[nH]c5ccccc45)n3)ccc21. The van der Waals surface area contributed by atoms with Crippen molar-refractivity contribution < 1.29 is 4.52 Å². The van der Waals surface area contributed by atoms with Crippen LogP contribution in [-0.2, 0) is 19.4 Å². The summed E-state index contributed by atoms with van der Waals surface area (Å²) in [4.78, 5) is 24.8. The minimum atomic E-state index is -0.0405.